The standard InChI is InChI=1S/C14H18O4S2/c1-9(13(15)16)19-7-11-3-5-12(6-4-11)8-20-10(2)14(17)18/h3-6,9-10H,7-8H2,1-2H3,(H,15,16)(H,17,18). The van der Waals surface area contributed by atoms with Crippen molar-refractivity contribution in [1.29, 1.82) is 0 Å². The summed E-state index contributed by atoms with van der Waals surface area (Å²) in [6.07, 6.45) is 0. The van der Waals surface area contributed by atoms with E-state index in [-0.39, 0.29) is 0 Å². The lowest BCUT2D eigenvalue weighted by Gasteiger charge is -2.08. The normalized spacial score (nSPS) is 13.7. The summed E-state index contributed by atoms with van der Waals surface area (Å²) in [5.74, 6) is -0.282. The van der Waals surface area contributed by atoms with Gasteiger partial charge < -0.3 is 10.2 Å². The van der Waals surface area contributed by atoms with Crippen LogP contribution in [0.1, 0.15) is 25.0 Å². The summed E-state index contributed by atoms with van der Waals surface area (Å²) in [6.45, 7) is 3.34. The molecule has 0 fully saturated rings. The van der Waals surface area contributed by atoms with Gasteiger partial charge in [0.15, 0.2) is 0 Å². The molecule has 1 rings (SSSR count). The van der Waals surface area contributed by atoms with Gasteiger partial charge in [-0.2, -0.15) is 0 Å². The molecule has 0 aliphatic carbocycles. The summed E-state index contributed by atoms with van der Waals surface area (Å²) in [4.78, 5) is 21.4. The SMILES string of the molecule is CC(SCc1ccc(CSC(C)C(=O)O)cc1)C(=O)O. The highest BCUT2D eigenvalue weighted by Gasteiger charge is 2.12. The molecular formula is C14H18O4S2. The highest BCUT2D eigenvalue weighted by molar-refractivity contribution is 8.00. The molecule has 0 aromatic heterocycles. The Labute approximate surface area is 127 Å². The maximum absolute atomic E-state index is 10.7. The summed E-state index contributed by atoms with van der Waals surface area (Å²) in [6, 6.07) is 7.84. The first-order valence-electron chi connectivity index (χ1n) is 6.16. The quantitative estimate of drug-likeness (QED) is 0.768. The van der Waals surface area contributed by atoms with E-state index in [4.69, 9.17) is 10.2 Å². The van der Waals surface area contributed by atoms with Crippen molar-refractivity contribution < 1.29 is 19.8 Å². The van der Waals surface area contributed by atoms with Gasteiger partial charge in [0.1, 0.15) is 0 Å². The molecule has 0 heterocycles. The highest BCUT2D eigenvalue weighted by atomic mass is 32.2. The average molecular weight is 314 g/mol. The summed E-state index contributed by atoms with van der Waals surface area (Å²) in [5, 5.41) is 16.8. The van der Waals surface area contributed by atoms with E-state index >= 15 is 0 Å². The number of carboxylic acid groups (broad SMARTS) is 2. The molecule has 0 radical (unpaired) electrons. The van der Waals surface area contributed by atoms with Gasteiger partial charge in [-0.1, -0.05) is 24.3 Å². The first kappa shape index (κ1) is 16.9. The van der Waals surface area contributed by atoms with Gasteiger partial charge in [-0.3, -0.25) is 9.59 Å². The van der Waals surface area contributed by atoms with Gasteiger partial charge in [0, 0.05) is 11.5 Å². The molecule has 6 heteroatoms. The van der Waals surface area contributed by atoms with Crippen LogP contribution in [-0.2, 0) is 21.1 Å². The Morgan fingerprint density at radius 1 is 0.900 bits per heavy atom. The van der Waals surface area contributed by atoms with Gasteiger partial charge in [-0.15, -0.1) is 23.5 Å². The lowest BCUT2D eigenvalue weighted by atomic mass is 10.2. The van der Waals surface area contributed by atoms with Crippen LogP contribution in [0.2, 0.25) is 0 Å². The zero-order valence-electron chi connectivity index (χ0n) is 11.4. The Hall–Kier alpha value is -1.14. The fourth-order valence-electron chi connectivity index (χ4n) is 1.32. The third-order valence-corrected chi connectivity index (χ3v) is 5.12. The third kappa shape index (κ3) is 5.88. The number of carboxylic acids is 2. The van der Waals surface area contributed by atoms with E-state index in [2.05, 4.69) is 0 Å². The van der Waals surface area contributed by atoms with Crippen molar-refractivity contribution >= 4 is 35.5 Å². The largest absolute Gasteiger partial charge is 0.480 e. The molecule has 0 saturated carbocycles. The fraction of sp³-hybridized carbons (Fsp3) is 0.429. The molecule has 0 spiro atoms. The monoisotopic (exact) mass is 314 g/mol. The number of hydrogen-bond donors (Lipinski definition) is 2. The van der Waals surface area contributed by atoms with Gasteiger partial charge in [0.25, 0.3) is 0 Å². The number of aliphatic carboxylic acids is 2. The number of thioether (sulfide) groups is 2. The van der Waals surface area contributed by atoms with E-state index < -0.39 is 22.4 Å². The number of carbonyl (C=O) groups is 2. The van der Waals surface area contributed by atoms with E-state index in [1.54, 1.807) is 13.8 Å². The number of benzene rings is 1. The van der Waals surface area contributed by atoms with Crippen molar-refractivity contribution in [3.05, 3.63) is 35.4 Å². The predicted octanol–water partition coefficient (Wildman–Crippen LogP) is 3.10. The van der Waals surface area contributed by atoms with Gasteiger partial charge in [-0.25, -0.2) is 0 Å². The average Bonchev–Trinajstić information content (AvgIpc) is 2.42. The minimum Gasteiger partial charge on any atom is -0.480 e. The van der Waals surface area contributed by atoms with Crippen molar-refractivity contribution in [3.8, 4) is 0 Å². The van der Waals surface area contributed by atoms with Crippen LogP contribution in [-0.4, -0.2) is 32.7 Å². The summed E-state index contributed by atoms with van der Waals surface area (Å²) >= 11 is 2.77. The zero-order valence-corrected chi connectivity index (χ0v) is 13.0. The van der Waals surface area contributed by atoms with Crippen LogP contribution in [0.3, 0.4) is 0 Å². The first-order valence-corrected chi connectivity index (χ1v) is 8.26. The van der Waals surface area contributed by atoms with Crippen molar-refractivity contribution in [2.75, 3.05) is 0 Å². The van der Waals surface area contributed by atoms with E-state index in [9.17, 15) is 9.59 Å². The van der Waals surface area contributed by atoms with E-state index in [1.165, 1.54) is 23.5 Å². The van der Waals surface area contributed by atoms with Crippen LogP contribution < -0.4 is 0 Å². The molecule has 20 heavy (non-hydrogen) atoms. The lowest BCUT2D eigenvalue weighted by Crippen LogP contribution is -2.11. The Bertz CT molecular complexity index is 416. The minimum atomic E-state index is -0.800. The molecule has 0 aliphatic heterocycles. The van der Waals surface area contributed by atoms with E-state index in [0.29, 0.717) is 11.5 Å². The second kappa shape index (κ2) is 8.21. The molecular weight excluding hydrogens is 296 g/mol. The summed E-state index contributed by atoms with van der Waals surface area (Å²) in [7, 11) is 0. The van der Waals surface area contributed by atoms with Crippen LogP contribution >= 0.6 is 23.5 Å². The molecule has 0 bridgehead atoms. The Morgan fingerprint density at radius 3 is 1.45 bits per heavy atom. The Morgan fingerprint density at radius 2 is 1.20 bits per heavy atom. The zero-order chi connectivity index (χ0) is 15.1. The lowest BCUT2D eigenvalue weighted by molar-refractivity contribution is -0.137. The van der Waals surface area contributed by atoms with E-state index in [1.807, 2.05) is 24.3 Å². The van der Waals surface area contributed by atoms with E-state index in [0.717, 1.165) is 11.1 Å². The van der Waals surface area contributed by atoms with Crippen molar-refractivity contribution in [3.63, 3.8) is 0 Å². The maximum Gasteiger partial charge on any atom is 0.316 e. The first-order chi connectivity index (χ1) is 9.40. The van der Waals surface area contributed by atoms with Crippen LogP contribution in [0.5, 0.6) is 0 Å². The smallest absolute Gasteiger partial charge is 0.316 e. The molecule has 2 N–H and O–H groups in total. The predicted molar refractivity (Wildman–Crippen MR) is 83.2 cm³/mol. The molecule has 1 aromatic rings. The molecule has 0 aliphatic rings. The Kier molecular flexibility index (Phi) is 6.95. The number of hydrogen-bond acceptors (Lipinski definition) is 4. The van der Waals surface area contributed by atoms with Gasteiger partial charge in [-0.05, 0) is 25.0 Å². The minimum absolute atomic E-state index is 0.415. The molecule has 2 unspecified atom stereocenters. The molecule has 2 atom stereocenters. The van der Waals surface area contributed by atoms with Crippen LogP contribution in [0.4, 0.5) is 0 Å². The Balaban J connectivity index is 2.44. The second-order valence-electron chi connectivity index (χ2n) is 4.40. The van der Waals surface area contributed by atoms with Gasteiger partial charge in [0.2, 0.25) is 0 Å². The molecule has 0 saturated heterocycles. The van der Waals surface area contributed by atoms with Crippen molar-refractivity contribution in [2.45, 2.75) is 35.9 Å². The third-order valence-electron chi connectivity index (χ3n) is 2.72. The second-order valence-corrected chi connectivity index (χ2v) is 7.06. The summed E-state index contributed by atoms with van der Waals surface area (Å²) in [5.41, 5.74) is 2.14. The maximum atomic E-state index is 10.7. The molecule has 110 valence electrons. The molecule has 4 nitrogen and oxygen atoms in total. The van der Waals surface area contributed by atoms with Crippen LogP contribution in [0, 0.1) is 0 Å². The topological polar surface area (TPSA) is 74.6 Å². The highest BCUT2D eigenvalue weighted by Crippen LogP contribution is 2.21. The van der Waals surface area contributed by atoms with Crippen molar-refractivity contribution in [2.24, 2.45) is 0 Å². The fourth-order valence-corrected chi connectivity index (χ4v) is 2.87. The van der Waals surface area contributed by atoms with Crippen molar-refractivity contribution in [1.82, 2.24) is 0 Å². The molecule has 0 amide bonds. The van der Waals surface area contributed by atoms with Crippen LogP contribution in [0.15, 0.2) is 24.3 Å². The van der Waals surface area contributed by atoms with Crippen LogP contribution in [0.25, 0.3) is 0 Å². The summed E-state index contributed by atoms with van der Waals surface area (Å²) < 4.78 is 0. The molecule has 1 aromatic carbocycles. The number of rotatable bonds is 8. The van der Waals surface area contributed by atoms with Gasteiger partial charge >= 0.3 is 11.9 Å². The van der Waals surface area contributed by atoms with Gasteiger partial charge in [0.05, 0.1) is 10.5 Å².